The Kier molecular flexibility index (Phi) is 4.25. The second kappa shape index (κ2) is 6.10. The summed E-state index contributed by atoms with van der Waals surface area (Å²) in [6, 6.07) is 13.1. The topological polar surface area (TPSA) is 64.3 Å². The first-order chi connectivity index (χ1) is 9.54. The van der Waals surface area contributed by atoms with Crippen LogP contribution in [0.2, 0.25) is 0 Å². The van der Waals surface area contributed by atoms with Gasteiger partial charge in [0.25, 0.3) is 5.91 Å². The van der Waals surface area contributed by atoms with Crippen LogP contribution in [0.4, 0.5) is 11.4 Å². The summed E-state index contributed by atoms with van der Waals surface area (Å²) in [5, 5.41) is 2.78. The van der Waals surface area contributed by atoms with Gasteiger partial charge in [0.1, 0.15) is 5.75 Å². The van der Waals surface area contributed by atoms with E-state index in [0.717, 1.165) is 16.8 Å². The van der Waals surface area contributed by atoms with Crippen molar-refractivity contribution >= 4 is 17.3 Å². The van der Waals surface area contributed by atoms with Crippen LogP contribution in [0.25, 0.3) is 0 Å². The van der Waals surface area contributed by atoms with E-state index in [1.54, 1.807) is 6.07 Å². The number of ether oxygens (including phenoxy) is 1. The zero-order chi connectivity index (χ0) is 14.5. The lowest BCUT2D eigenvalue weighted by atomic mass is 10.2. The monoisotopic (exact) mass is 270 g/mol. The van der Waals surface area contributed by atoms with Gasteiger partial charge in [0.2, 0.25) is 0 Å². The Morgan fingerprint density at radius 1 is 1.15 bits per heavy atom. The molecule has 0 bridgehead atoms. The molecule has 2 aromatic rings. The molecule has 0 unspecified atom stereocenters. The number of nitrogen functional groups attached to an aromatic ring is 1. The van der Waals surface area contributed by atoms with Crippen LogP contribution in [-0.2, 0) is 4.79 Å². The molecule has 2 rings (SSSR count). The van der Waals surface area contributed by atoms with Crippen molar-refractivity contribution in [2.24, 2.45) is 0 Å². The molecular formula is C16H18N2O2. The Hall–Kier alpha value is -2.49. The molecule has 0 fully saturated rings. The number of nitrogens with one attached hydrogen (secondary N) is 1. The summed E-state index contributed by atoms with van der Waals surface area (Å²) in [5.74, 6) is 0.311. The van der Waals surface area contributed by atoms with Crippen LogP contribution in [-0.4, -0.2) is 12.5 Å². The fourth-order valence-electron chi connectivity index (χ4n) is 1.86. The second-order valence-electron chi connectivity index (χ2n) is 4.75. The molecule has 104 valence electrons. The van der Waals surface area contributed by atoms with Gasteiger partial charge in [-0.3, -0.25) is 4.79 Å². The molecule has 4 nitrogen and oxygen atoms in total. The van der Waals surface area contributed by atoms with Crippen LogP contribution in [0.5, 0.6) is 5.75 Å². The predicted molar refractivity (Wildman–Crippen MR) is 80.9 cm³/mol. The van der Waals surface area contributed by atoms with Gasteiger partial charge in [-0.2, -0.15) is 0 Å². The fourth-order valence-corrected chi connectivity index (χ4v) is 1.86. The van der Waals surface area contributed by atoms with Gasteiger partial charge in [-0.15, -0.1) is 0 Å². The molecule has 0 aliphatic carbocycles. The quantitative estimate of drug-likeness (QED) is 0.840. The average molecular weight is 270 g/mol. The van der Waals surface area contributed by atoms with E-state index in [9.17, 15) is 4.79 Å². The van der Waals surface area contributed by atoms with E-state index >= 15 is 0 Å². The highest BCUT2D eigenvalue weighted by Gasteiger charge is 2.06. The van der Waals surface area contributed by atoms with Gasteiger partial charge in [-0.25, -0.2) is 0 Å². The van der Waals surface area contributed by atoms with Crippen LogP contribution >= 0.6 is 0 Å². The summed E-state index contributed by atoms with van der Waals surface area (Å²) in [6.07, 6.45) is 0. The van der Waals surface area contributed by atoms with Gasteiger partial charge in [-0.05, 0) is 49.2 Å². The van der Waals surface area contributed by atoms with Gasteiger partial charge >= 0.3 is 0 Å². The number of anilines is 2. The van der Waals surface area contributed by atoms with Gasteiger partial charge in [0, 0.05) is 5.69 Å². The van der Waals surface area contributed by atoms with E-state index in [0.29, 0.717) is 11.4 Å². The highest BCUT2D eigenvalue weighted by atomic mass is 16.5. The number of aryl methyl sites for hydroxylation is 2. The zero-order valence-corrected chi connectivity index (χ0v) is 11.6. The van der Waals surface area contributed by atoms with E-state index in [1.807, 2.05) is 50.2 Å². The number of nitrogens with two attached hydrogens (primary N) is 1. The maximum absolute atomic E-state index is 11.8. The first-order valence-electron chi connectivity index (χ1n) is 6.40. The molecule has 4 heteroatoms. The number of amides is 1. The molecule has 0 aliphatic heterocycles. The molecule has 0 aliphatic rings. The van der Waals surface area contributed by atoms with Crippen molar-refractivity contribution < 1.29 is 9.53 Å². The Bertz CT molecular complexity index is 624. The lowest BCUT2D eigenvalue weighted by molar-refractivity contribution is -0.118. The summed E-state index contributed by atoms with van der Waals surface area (Å²) >= 11 is 0. The number of hydrogen-bond donors (Lipinski definition) is 2. The third-order valence-electron chi connectivity index (χ3n) is 2.83. The number of carbonyl (C=O) groups excluding carboxylic acids is 1. The van der Waals surface area contributed by atoms with Gasteiger partial charge in [0.05, 0.1) is 5.69 Å². The van der Waals surface area contributed by atoms with Crippen molar-refractivity contribution in [3.63, 3.8) is 0 Å². The summed E-state index contributed by atoms with van der Waals surface area (Å²) in [4.78, 5) is 11.8. The standard InChI is InChI=1S/C16H18N2O2/c1-11-4-3-5-13(8-11)18-16(19)10-20-15-7-6-12(2)9-14(15)17/h3-9H,10,17H2,1-2H3,(H,18,19). The number of benzene rings is 2. The number of carbonyl (C=O) groups is 1. The number of hydrogen-bond acceptors (Lipinski definition) is 3. The zero-order valence-electron chi connectivity index (χ0n) is 11.6. The summed E-state index contributed by atoms with van der Waals surface area (Å²) in [5.41, 5.74) is 9.26. The van der Waals surface area contributed by atoms with E-state index in [2.05, 4.69) is 5.32 Å². The molecule has 0 atom stereocenters. The van der Waals surface area contributed by atoms with E-state index in [4.69, 9.17) is 10.5 Å². The molecule has 0 saturated heterocycles. The van der Waals surface area contributed by atoms with Gasteiger partial charge < -0.3 is 15.8 Å². The second-order valence-corrected chi connectivity index (χ2v) is 4.75. The minimum Gasteiger partial charge on any atom is -0.482 e. The van der Waals surface area contributed by atoms with Gasteiger partial charge in [-0.1, -0.05) is 18.2 Å². The lowest BCUT2D eigenvalue weighted by Gasteiger charge is -2.10. The van der Waals surface area contributed by atoms with Crippen LogP contribution in [0.15, 0.2) is 42.5 Å². The van der Waals surface area contributed by atoms with Crippen LogP contribution in [0.3, 0.4) is 0 Å². The fraction of sp³-hybridized carbons (Fsp3) is 0.188. The highest BCUT2D eigenvalue weighted by Crippen LogP contribution is 2.22. The smallest absolute Gasteiger partial charge is 0.262 e. The molecule has 0 radical (unpaired) electrons. The Balaban J connectivity index is 1.92. The largest absolute Gasteiger partial charge is 0.482 e. The molecule has 0 aromatic heterocycles. The normalized spacial score (nSPS) is 10.1. The Morgan fingerprint density at radius 2 is 1.90 bits per heavy atom. The molecule has 20 heavy (non-hydrogen) atoms. The van der Waals surface area contributed by atoms with Crippen molar-refractivity contribution in [1.29, 1.82) is 0 Å². The van der Waals surface area contributed by atoms with Crippen LogP contribution < -0.4 is 15.8 Å². The van der Waals surface area contributed by atoms with Crippen molar-refractivity contribution in [3.8, 4) is 5.75 Å². The maximum atomic E-state index is 11.8. The summed E-state index contributed by atoms with van der Waals surface area (Å²) in [6.45, 7) is 3.85. The molecule has 0 spiro atoms. The van der Waals surface area contributed by atoms with Crippen molar-refractivity contribution in [2.45, 2.75) is 13.8 Å². The first-order valence-corrected chi connectivity index (χ1v) is 6.40. The van der Waals surface area contributed by atoms with Crippen molar-refractivity contribution in [3.05, 3.63) is 53.6 Å². The third-order valence-corrected chi connectivity index (χ3v) is 2.83. The van der Waals surface area contributed by atoms with Crippen LogP contribution in [0, 0.1) is 13.8 Å². The summed E-state index contributed by atoms with van der Waals surface area (Å²) in [7, 11) is 0. The molecule has 0 heterocycles. The van der Waals surface area contributed by atoms with Crippen LogP contribution in [0.1, 0.15) is 11.1 Å². The lowest BCUT2D eigenvalue weighted by Crippen LogP contribution is -2.20. The van der Waals surface area contributed by atoms with E-state index in [1.165, 1.54) is 0 Å². The van der Waals surface area contributed by atoms with Crippen molar-refractivity contribution in [2.75, 3.05) is 17.7 Å². The summed E-state index contributed by atoms with van der Waals surface area (Å²) < 4.78 is 5.42. The molecule has 2 aromatic carbocycles. The van der Waals surface area contributed by atoms with E-state index < -0.39 is 0 Å². The number of rotatable bonds is 4. The average Bonchev–Trinajstić information content (AvgIpc) is 2.37. The highest BCUT2D eigenvalue weighted by molar-refractivity contribution is 5.92. The Labute approximate surface area is 118 Å². The van der Waals surface area contributed by atoms with Gasteiger partial charge in [0.15, 0.2) is 6.61 Å². The SMILES string of the molecule is Cc1cccc(NC(=O)COc2ccc(C)cc2N)c1. The molecule has 1 amide bonds. The van der Waals surface area contributed by atoms with Crippen molar-refractivity contribution in [1.82, 2.24) is 0 Å². The minimum absolute atomic E-state index is 0.0683. The molecule has 3 N–H and O–H groups in total. The first kappa shape index (κ1) is 13.9. The van der Waals surface area contributed by atoms with E-state index in [-0.39, 0.29) is 12.5 Å². The molecule has 0 saturated carbocycles. The predicted octanol–water partition coefficient (Wildman–Crippen LogP) is 2.90. The molecular weight excluding hydrogens is 252 g/mol. The minimum atomic E-state index is -0.212. The Morgan fingerprint density at radius 3 is 2.60 bits per heavy atom. The third kappa shape index (κ3) is 3.75. The maximum Gasteiger partial charge on any atom is 0.262 e.